The van der Waals surface area contributed by atoms with Crippen molar-refractivity contribution in [1.29, 1.82) is 5.26 Å². The second-order valence-corrected chi connectivity index (χ2v) is 5.59. The van der Waals surface area contributed by atoms with E-state index in [2.05, 4.69) is 11.2 Å². The van der Waals surface area contributed by atoms with Crippen molar-refractivity contribution in [1.82, 2.24) is 9.78 Å². The van der Waals surface area contributed by atoms with Crippen LogP contribution in [0.5, 0.6) is 11.5 Å². The minimum absolute atomic E-state index is 0.196. The fourth-order valence-corrected chi connectivity index (χ4v) is 2.57. The zero-order valence-electron chi connectivity index (χ0n) is 14.5. The average Bonchev–Trinajstić information content (AvgIpc) is 2.69. The Morgan fingerprint density at radius 1 is 1.00 bits per heavy atom. The van der Waals surface area contributed by atoms with Gasteiger partial charge in [-0.25, -0.2) is 4.68 Å². The van der Waals surface area contributed by atoms with Gasteiger partial charge in [0.25, 0.3) is 5.56 Å². The third-order valence-corrected chi connectivity index (χ3v) is 3.96. The Balaban J connectivity index is 1.94. The van der Waals surface area contributed by atoms with Crippen molar-refractivity contribution >= 4 is 0 Å². The van der Waals surface area contributed by atoms with Crippen LogP contribution in [0.1, 0.15) is 11.1 Å². The summed E-state index contributed by atoms with van der Waals surface area (Å²) in [4.78, 5) is 12.2. The van der Waals surface area contributed by atoms with Crippen LogP contribution in [-0.2, 0) is 6.54 Å². The molecule has 0 fully saturated rings. The lowest BCUT2D eigenvalue weighted by molar-refractivity contribution is 0.355. The molecule has 0 amide bonds. The molecule has 0 atom stereocenters. The number of methoxy groups -OCH3 is 2. The number of rotatable bonds is 5. The molecule has 0 saturated carbocycles. The van der Waals surface area contributed by atoms with Crippen LogP contribution in [-0.4, -0.2) is 24.0 Å². The SMILES string of the molecule is COc1ccc(-c2ccc(=O)n(Cc3ccc(C#N)cc3)n2)cc1OC. The molecule has 0 unspecified atom stereocenters. The molecule has 2 aromatic carbocycles. The van der Waals surface area contributed by atoms with E-state index < -0.39 is 0 Å². The molecule has 26 heavy (non-hydrogen) atoms. The Kier molecular flexibility index (Phi) is 4.99. The number of ether oxygens (including phenoxy) is 2. The number of hydrogen-bond acceptors (Lipinski definition) is 5. The zero-order chi connectivity index (χ0) is 18.5. The summed E-state index contributed by atoms with van der Waals surface area (Å²) in [5, 5.41) is 13.3. The first-order valence-corrected chi connectivity index (χ1v) is 7.94. The van der Waals surface area contributed by atoms with Crippen LogP contribution in [0.3, 0.4) is 0 Å². The van der Waals surface area contributed by atoms with Gasteiger partial charge in [-0.2, -0.15) is 10.4 Å². The molecule has 0 saturated heterocycles. The van der Waals surface area contributed by atoms with Crippen molar-refractivity contribution in [3.63, 3.8) is 0 Å². The van der Waals surface area contributed by atoms with E-state index in [0.717, 1.165) is 11.1 Å². The lowest BCUT2D eigenvalue weighted by Gasteiger charge is -2.11. The van der Waals surface area contributed by atoms with Gasteiger partial charge in [-0.15, -0.1) is 0 Å². The summed E-state index contributed by atoms with van der Waals surface area (Å²) in [5.74, 6) is 1.22. The molecule has 1 heterocycles. The second kappa shape index (κ2) is 7.53. The largest absolute Gasteiger partial charge is 0.493 e. The smallest absolute Gasteiger partial charge is 0.267 e. The van der Waals surface area contributed by atoms with E-state index >= 15 is 0 Å². The summed E-state index contributed by atoms with van der Waals surface area (Å²) in [6.07, 6.45) is 0. The van der Waals surface area contributed by atoms with Gasteiger partial charge >= 0.3 is 0 Å². The molecule has 0 spiro atoms. The fraction of sp³-hybridized carbons (Fsp3) is 0.150. The Bertz CT molecular complexity index is 1020. The van der Waals surface area contributed by atoms with Crippen LogP contribution in [0.15, 0.2) is 59.4 Å². The molecule has 0 bridgehead atoms. The molecule has 6 nitrogen and oxygen atoms in total. The number of nitriles is 1. The summed E-state index contributed by atoms with van der Waals surface area (Å²) < 4.78 is 12.0. The Hall–Kier alpha value is -3.59. The minimum atomic E-state index is -0.196. The van der Waals surface area contributed by atoms with E-state index in [1.165, 1.54) is 10.7 Å². The molecular formula is C20H17N3O3. The quantitative estimate of drug-likeness (QED) is 0.709. The van der Waals surface area contributed by atoms with Gasteiger partial charge < -0.3 is 9.47 Å². The Morgan fingerprint density at radius 2 is 1.73 bits per heavy atom. The van der Waals surface area contributed by atoms with E-state index in [9.17, 15) is 4.79 Å². The monoisotopic (exact) mass is 347 g/mol. The molecule has 1 aromatic heterocycles. The van der Waals surface area contributed by atoms with Crippen molar-refractivity contribution in [2.75, 3.05) is 14.2 Å². The van der Waals surface area contributed by atoms with Gasteiger partial charge in [0, 0.05) is 11.6 Å². The van der Waals surface area contributed by atoms with Gasteiger partial charge in [0.2, 0.25) is 0 Å². The third kappa shape index (κ3) is 3.57. The highest BCUT2D eigenvalue weighted by atomic mass is 16.5. The van der Waals surface area contributed by atoms with Crippen LogP contribution in [0.4, 0.5) is 0 Å². The van der Waals surface area contributed by atoms with Crippen LogP contribution < -0.4 is 15.0 Å². The Labute approximate surface area is 150 Å². The summed E-state index contributed by atoms with van der Waals surface area (Å²) in [6.45, 7) is 0.325. The maximum Gasteiger partial charge on any atom is 0.267 e. The second-order valence-electron chi connectivity index (χ2n) is 5.59. The molecule has 0 aliphatic carbocycles. The van der Waals surface area contributed by atoms with E-state index in [1.54, 1.807) is 38.5 Å². The summed E-state index contributed by atoms with van der Waals surface area (Å²) in [6, 6.07) is 17.8. The predicted octanol–water partition coefficient (Wildman–Crippen LogP) is 2.85. The molecule has 0 aliphatic heterocycles. The molecule has 6 heteroatoms. The van der Waals surface area contributed by atoms with Crippen LogP contribution in [0, 0.1) is 11.3 Å². The molecule has 0 N–H and O–H groups in total. The van der Waals surface area contributed by atoms with E-state index in [4.69, 9.17) is 14.7 Å². The van der Waals surface area contributed by atoms with Crippen LogP contribution in [0.2, 0.25) is 0 Å². The normalized spacial score (nSPS) is 10.2. The van der Waals surface area contributed by atoms with Crippen molar-refractivity contribution in [2.45, 2.75) is 6.54 Å². The zero-order valence-corrected chi connectivity index (χ0v) is 14.5. The van der Waals surface area contributed by atoms with Gasteiger partial charge in [-0.3, -0.25) is 4.79 Å². The highest BCUT2D eigenvalue weighted by molar-refractivity contribution is 5.63. The van der Waals surface area contributed by atoms with E-state index in [0.29, 0.717) is 29.3 Å². The number of benzene rings is 2. The molecule has 0 radical (unpaired) electrons. The molecule has 3 rings (SSSR count). The number of nitrogens with zero attached hydrogens (tertiary/aromatic N) is 3. The lowest BCUT2D eigenvalue weighted by Crippen LogP contribution is -2.22. The average molecular weight is 347 g/mol. The summed E-state index contributed by atoms with van der Waals surface area (Å²) >= 11 is 0. The number of aromatic nitrogens is 2. The maximum atomic E-state index is 12.2. The van der Waals surface area contributed by atoms with E-state index in [1.807, 2.05) is 24.3 Å². The molecule has 130 valence electrons. The highest BCUT2D eigenvalue weighted by Gasteiger charge is 2.09. The van der Waals surface area contributed by atoms with Crippen molar-refractivity contribution in [2.24, 2.45) is 0 Å². The van der Waals surface area contributed by atoms with Crippen molar-refractivity contribution in [3.8, 4) is 28.8 Å². The number of hydrogen-bond donors (Lipinski definition) is 0. The molecular weight excluding hydrogens is 330 g/mol. The third-order valence-electron chi connectivity index (χ3n) is 3.96. The van der Waals surface area contributed by atoms with Gasteiger partial charge in [0.1, 0.15) is 0 Å². The van der Waals surface area contributed by atoms with Crippen molar-refractivity contribution in [3.05, 3.63) is 76.1 Å². The van der Waals surface area contributed by atoms with Gasteiger partial charge in [-0.05, 0) is 42.0 Å². The Morgan fingerprint density at radius 3 is 2.38 bits per heavy atom. The fourth-order valence-electron chi connectivity index (χ4n) is 2.57. The van der Waals surface area contributed by atoms with Gasteiger partial charge in [0.15, 0.2) is 11.5 Å². The van der Waals surface area contributed by atoms with Crippen LogP contribution in [0.25, 0.3) is 11.3 Å². The molecule has 3 aromatic rings. The van der Waals surface area contributed by atoms with Gasteiger partial charge in [-0.1, -0.05) is 12.1 Å². The first kappa shape index (κ1) is 17.2. The predicted molar refractivity (Wildman–Crippen MR) is 97.3 cm³/mol. The van der Waals surface area contributed by atoms with Crippen LogP contribution >= 0.6 is 0 Å². The summed E-state index contributed by atoms with van der Waals surface area (Å²) in [5.41, 5.74) is 2.74. The van der Waals surface area contributed by atoms with Gasteiger partial charge in [0.05, 0.1) is 38.1 Å². The standard InChI is InChI=1S/C20H17N3O3/c1-25-18-9-7-16(11-19(18)26-2)17-8-10-20(24)23(22-17)13-15-5-3-14(12-21)4-6-15/h3-11H,13H2,1-2H3. The first-order chi connectivity index (χ1) is 12.6. The maximum absolute atomic E-state index is 12.2. The topological polar surface area (TPSA) is 77.1 Å². The highest BCUT2D eigenvalue weighted by Crippen LogP contribution is 2.31. The van der Waals surface area contributed by atoms with E-state index in [-0.39, 0.29) is 5.56 Å². The minimum Gasteiger partial charge on any atom is -0.493 e. The first-order valence-electron chi connectivity index (χ1n) is 7.94. The van der Waals surface area contributed by atoms with Crippen molar-refractivity contribution < 1.29 is 9.47 Å². The lowest BCUT2D eigenvalue weighted by atomic mass is 10.1. The summed E-state index contributed by atoms with van der Waals surface area (Å²) in [7, 11) is 3.15. The molecule has 0 aliphatic rings.